The van der Waals surface area contributed by atoms with Crippen molar-refractivity contribution in [1.82, 2.24) is 9.88 Å². The highest BCUT2D eigenvalue weighted by atomic mass is 32.1. The minimum atomic E-state index is -0.839. The Hall–Kier alpha value is -2.15. The van der Waals surface area contributed by atoms with E-state index in [2.05, 4.69) is 5.32 Å². The van der Waals surface area contributed by atoms with E-state index in [0.29, 0.717) is 18.5 Å². The van der Waals surface area contributed by atoms with E-state index >= 15 is 0 Å². The lowest BCUT2D eigenvalue weighted by Crippen LogP contribution is -2.48. The van der Waals surface area contributed by atoms with Crippen molar-refractivity contribution in [3.8, 4) is 11.3 Å². The molecule has 0 atom stereocenters. The van der Waals surface area contributed by atoms with Gasteiger partial charge in [-0.3, -0.25) is 0 Å². The van der Waals surface area contributed by atoms with Gasteiger partial charge in [-0.25, -0.2) is 14.2 Å². The molecule has 31 heavy (non-hydrogen) atoms. The molecule has 1 saturated carbocycles. The predicted octanol–water partition coefficient (Wildman–Crippen LogP) is 6.19. The second-order valence-electron chi connectivity index (χ2n) is 9.87. The van der Waals surface area contributed by atoms with Gasteiger partial charge in [0.1, 0.15) is 5.82 Å². The van der Waals surface area contributed by atoms with Gasteiger partial charge in [-0.2, -0.15) is 0 Å². The molecule has 5 nitrogen and oxygen atoms in total. The predicted molar refractivity (Wildman–Crippen MR) is 123 cm³/mol. The largest absolute Gasteiger partial charge is 0.465 e. The molecule has 2 aromatic rings. The third kappa shape index (κ3) is 5.03. The van der Waals surface area contributed by atoms with Gasteiger partial charge in [0.25, 0.3) is 0 Å². The molecule has 1 aromatic carbocycles. The molecule has 1 amide bonds. The van der Waals surface area contributed by atoms with Crippen LogP contribution in [0.5, 0.6) is 0 Å². The Morgan fingerprint density at radius 1 is 1.26 bits per heavy atom. The van der Waals surface area contributed by atoms with Crippen LogP contribution in [0.4, 0.5) is 14.3 Å². The first-order chi connectivity index (χ1) is 14.7. The summed E-state index contributed by atoms with van der Waals surface area (Å²) < 4.78 is 13.9. The number of halogens is 1. The van der Waals surface area contributed by atoms with Crippen LogP contribution >= 0.6 is 11.3 Å². The molecule has 2 N–H and O–H groups in total. The highest BCUT2D eigenvalue weighted by Gasteiger charge is 2.31. The van der Waals surface area contributed by atoms with Crippen molar-refractivity contribution >= 4 is 22.6 Å². The van der Waals surface area contributed by atoms with Crippen LogP contribution < -0.4 is 5.32 Å². The number of benzene rings is 1. The molecule has 0 bridgehead atoms. The molecular weight excluding hydrogens is 413 g/mol. The second-order valence-corrected chi connectivity index (χ2v) is 11.0. The molecule has 0 spiro atoms. The van der Waals surface area contributed by atoms with Gasteiger partial charge >= 0.3 is 6.09 Å². The molecule has 2 aliphatic rings. The van der Waals surface area contributed by atoms with Crippen molar-refractivity contribution in [1.29, 1.82) is 0 Å². The first-order valence-corrected chi connectivity index (χ1v) is 12.1. The number of aryl methyl sites for hydroxylation is 2. The smallest absolute Gasteiger partial charge is 0.407 e. The van der Waals surface area contributed by atoms with E-state index in [1.165, 1.54) is 10.4 Å². The van der Waals surface area contributed by atoms with Crippen molar-refractivity contribution in [2.45, 2.75) is 77.3 Å². The summed E-state index contributed by atoms with van der Waals surface area (Å²) in [6.07, 6.45) is 6.21. The maximum atomic E-state index is 13.9. The summed E-state index contributed by atoms with van der Waals surface area (Å²) in [6.45, 7) is 6.44. The van der Waals surface area contributed by atoms with Gasteiger partial charge in [-0.15, -0.1) is 11.3 Å². The Morgan fingerprint density at radius 2 is 2.00 bits per heavy atom. The Labute approximate surface area is 187 Å². The van der Waals surface area contributed by atoms with E-state index in [-0.39, 0.29) is 11.4 Å². The maximum Gasteiger partial charge on any atom is 0.407 e. The summed E-state index contributed by atoms with van der Waals surface area (Å²) in [5.74, 6) is 0.189. The third-order valence-electron chi connectivity index (χ3n) is 6.53. The molecule has 168 valence electrons. The zero-order valence-corrected chi connectivity index (χ0v) is 19.4. The zero-order valence-electron chi connectivity index (χ0n) is 18.6. The lowest BCUT2D eigenvalue weighted by Gasteiger charge is -2.38. The van der Waals surface area contributed by atoms with Crippen LogP contribution in [0.3, 0.4) is 0 Å². The van der Waals surface area contributed by atoms with Crippen LogP contribution in [0.2, 0.25) is 0 Å². The number of amides is 1. The van der Waals surface area contributed by atoms with Gasteiger partial charge in [0.15, 0.2) is 5.13 Å². The third-order valence-corrected chi connectivity index (χ3v) is 7.58. The molecule has 1 aromatic heterocycles. The van der Waals surface area contributed by atoms with Gasteiger partial charge in [0, 0.05) is 28.6 Å². The fourth-order valence-electron chi connectivity index (χ4n) is 4.78. The number of hydrogen-bond acceptors (Lipinski definition) is 4. The van der Waals surface area contributed by atoms with E-state index < -0.39 is 6.09 Å². The SMILES string of the molecule is CC(C)(C)N(C[C@H]1CC[C@H](Nc2nc3c(s2)CCCc2ccc(F)cc2-3)CC1)C(=O)O. The number of carboxylic acid groups (broad SMARTS) is 1. The van der Waals surface area contributed by atoms with Gasteiger partial charge in [0.05, 0.1) is 5.69 Å². The van der Waals surface area contributed by atoms with Crippen molar-refractivity contribution in [2.24, 2.45) is 5.92 Å². The van der Waals surface area contributed by atoms with E-state index in [1.807, 2.05) is 26.8 Å². The second kappa shape index (κ2) is 8.77. The maximum absolute atomic E-state index is 13.9. The Bertz CT molecular complexity index is 945. The molecule has 2 aliphatic carbocycles. The summed E-state index contributed by atoms with van der Waals surface area (Å²) in [5, 5.41) is 14.1. The average Bonchev–Trinajstić information content (AvgIpc) is 3.02. The fourth-order valence-corrected chi connectivity index (χ4v) is 5.88. The first-order valence-electron chi connectivity index (χ1n) is 11.3. The number of carbonyl (C=O) groups is 1. The highest BCUT2D eigenvalue weighted by Crippen LogP contribution is 2.38. The van der Waals surface area contributed by atoms with Crippen molar-refractivity contribution < 1.29 is 14.3 Å². The Kier molecular flexibility index (Phi) is 6.24. The van der Waals surface area contributed by atoms with Gasteiger partial charge in [0.2, 0.25) is 0 Å². The first kappa shape index (κ1) is 22.1. The molecule has 0 saturated heterocycles. The van der Waals surface area contributed by atoms with Gasteiger partial charge in [-0.1, -0.05) is 6.07 Å². The number of fused-ring (bicyclic) bond motifs is 3. The molecule has 7 heteroatoms. The lowest BCUT2D eigenvalue weighted by atomic mass is 9.85. The number of thiazole rings is 1. The van der Waals surface area contributed by atoms with Crippen molar-refractivity contribution in [3.05, 3.63) is 34.5 Å². The number of aromatic nitrogens is 1. The van der Waals surface area contributed by atoms with Crippen LogP contribution in [0.1, 0.15) is 63.3 Å². The monoisotopic (exact) mass is 445 g/mol. The summed E-state index contributed by atoms with van der Waals surface area (Å²) in [6, 6.07) is 5.41. The summed E-state index contributed by atoms with van der Waals surface area (Å²) in [4.78, 5) is 19.3. The quantitative estimate of drug-likeness (QED) is 0.589. The molecular formula is C24H32FN3O2S. The zero-order chi connectivity index (χ0) is 22.2. The summed E-state index contributed by atoms with van der Waals surface area (Å²) in [7, 11) is 0. The lowest BCUT2D eigenvalue weighted by molar-refractivity contribution is 0.0826. The molecule has 4 rings (SSSR count). The van der Waals surface area contributed by atoms with E-state index in [4.69, 9.17) is 4.98 Å². The highest BCUT2D eigenvalue weighted by molar-refractivity contribution is 7.16. The van der Waals surface area contributed by atoms with E-state index in [1.54, 1.807) is 28.4 Å². The summed E-state index contributed by atoms with van der Waals surface area (Å²) in [5.41, 5.74) is 2.68. The fraction of sp³-hybridized carbons (Fsp3) is 0.583. The standard InChI is InChI=1S/C24H32FN3O2S/c1-24(2,3)28(23(29)30)14-15-7-11-18(12-8-15)26-22-27-21-19-13-17(25)10-9-16(19)5-4-6-20(21)31-22/h9-10,13,15,18H,4-8,11-12,14H2,1-3H3,(H,26,27)(H,29,30)/t15-,18-. The minimum absolute atomic E-state index is 0.210. The number of hydrogen-bond donors (Lipinski definition) is 2. The topological polar surface area (TPSA) is 65.5 Å². The number of nitrogens with one attached hydrogen (secondary N) is 1. The molecule has 0 radical (unpaired) electrons. The number of rotatable bonds is 4. The van der Waals surface area contributed by atoms with Crippen LogP contribution in [0.15, 0.2) is 18.2 Å². The Morgan fingerprint density at radius 3 is 2.68 bits per heavy atom. The van der Waals surface area contributed by atoms with Crippen LogP contribution in [-0.4, -0.2) is 39.2 Å². The van der Waals surface area contributed by atoms with Crippen LogP contribution in [0, 0.1) is 11.7 Å². The molecule has 0 unspecified atom stereocenters. The van der Waals surface area contributed by atoms with Crippen molar-refractivity contribution in [3.63, 3.8) is 0 Å². The normalized spacial score (nSPS) is 21.0. The Balaban J connectivity index is 1.39. The van der Waals surface area contributed by atoms with Crippen molar-refractivity contribution in [2.75, 3.05) is 11.9 Å². The van der Waals surface area contributed by atoms with Crippen LogP contribution in [0.25, 0.3) is 11.3 Å². The van der Waals surface area contributed by atoms with Gasteiger partial charge in [-0.05, 0) is 89.3 Å². The van der Waals surface area contributed by atoms with E-state index in [9.17, 15) is 14.3 Å². The number of nitrogens with zero attached hydrogens (tertiary/aromatic N) is 2. The van der Waals surface area contributed by atoms with E-state index in [0.717, 1.165) is 61.3 Å². The molecule has 1 fully saturated rings. The summed E-state index contributed by atoms with van der Waals surface area (Å²) >= 11 is 1.70. The minimum Gasteiger partial charge on any atom is -0.465 e. The molecule has 0 aliphatic heterocycles. The average molecular weight is 446 g/mol. The molecule has 1 heterocycles. The number of anilines is 1. The van der Waals surface area contributed by atoms with Crippen LogP contribution in [-0.2, 0) is 12.8 Å². The van der Waals surface area contributed by atoms with Gasteiger partial charge < -0.3 is 15.3 Å².